The van der Waals surface area contributed by atoms with E-state index in [1.54, 1.807) is 0 Å². The largest absolute Gasteiger partial charge is 0.339 e. The second-order valence-corrected chi connectivity index (χ2v) is 3.82. The molecular formula is C11H18N4. The second kappa shape index (κ2) is 5.07. The highest BCUT2D eigenvalue weighted by Gasteiger charge is 2.14. The van der Waals surface area contributed by atoms with Gasteiger partial charge in [0.1, 0.15) is 0 Å². The van der Waals surface area contributed by atoms with Crippen molar-refractivity contribution in [3.05, 3.63) is 18.5 Å². The number of hydrogen-bond donors (Lipinski definition) is 0. The third-order valence-corrected chi connectivity index (χ3v) is 2.87. The van der Waals surface area contributed by atoms with Crippen LogP contribution in [0.15, 0.2) is 18.5 Å². The molecule has 0 N–H and O–H groups in total. The van der Waals surface area contributed by atoms with Crippen molar-refractivity contribution in [1.82, 2.24) is 14.9 Å². The van der Waals surface area contributed by atoms with E-state index in [9.17, 15) is 0 Å². The molecule has 1 fully saturated rings. The van der Waals surface area contributed by atoms with Gasteiger partial charge in [-0.05, 0) is 25.6 Å². The molecule has 1 aromatic heterocycles. The van der Waals surface area contributed by atoms with E-state index < -0.39 is 0 Å². The van der Waals surface area contributed by atoms with Gasteiger partial charge in [0.25, 0.3) is 0 Å². The highest BCUT2D eigenvalue weighted by atomic mass is 15.3. The van der Waals surface area contributed by atoms with E-state index in [4.69, 9.17) is 0 Å². The van der Waals surface area contributed by atoms with Crippen LogP contribution in [0.4, 0.5) is 5.95 Å². The van der Waals surface area contributed by atoms with Gasteiger partial charge in [-0.2, -0.15) is 0 Å². The molecule has 0 saturated carbocycles. The molecule has 4 heteroatoms. The Kier molecular flexibility index (Phi) is 3.50. The van der Waals surface area contributed by atoms with Crippen LogP contribution < -0.4 is 4.90 Å². The quantitative estimate of drug-likeness (QED) is 0.723. The first-order valence-electron chi connectivity index (χ1n) is 5.64. The van der Waals surface area contributed by atoms with E-state index in [1.807, 2.05) is 18.5 Å². The van der Waals surface area contributed by atoms with E-state index in [0.29, 0.717) is 0 Å². The predicted octanol–water partition coefficient (Wildman–Crippen LogP) is 1.01. The van der Waals surface area contributed by atoms with Crippen LogP contribution in [0.2, 0.25) is 0 Å². The Morgan fingerprint density at radius 1 is 1.13 bits per heavy atom. The maximum absolute atomic E-state index is 4.29. The minimum Gasteiger partial charge on any atom is -0.339 e. The lowest BCUT2D eigenvalue weighted by atomic mass is 10.4. The molecule has 2 rings (SSSR count). The molecule has 0 bridgehead atoms. The molecule has 15 heavy (non-hydrogen) atoms. The molecule has 82 valence electrons. The maximum atomic E-state index is 4.29. The summed E-state index contributed by atoms with van der Waals surface area (Å²) in [5.74, 6) is 0.871. The molecule has 0 atom stereocenters. The van der Waals surface area contributed by atoms with Gasteiger partial charge in [0.05, 0.1) is 0 Å². The second-order valence-electron chi connectivity index (χ2n) is 3.82. The van der Waals surface area contributed by atoms with Crippen LogP contribution >= 0.6 is 0 Å². The van der Waals surface area contributed by atoms with Crippen molar-refractivity contribution in [1.29, 1.82) is 0 Å². The lowest BCUT2D eigenvalue weighted by molar-refractivity contribution is 0.310. The van der Waals surface area contributed by atoms with Crippen molar-refractivity contribution in [3.8, 4) is 0 Å². The molecule has 0 radical (unpaired) electrons. The molecule has 0 unspecified atom stereocenters. The molecule has 0 amide bonds. The van der Waals surface area contributed by atoms with Crippen molar-refractivity contribution in [2.24, 2.45) is 0 Å². The Hall–Kier alpha value is -1.16. The van der Waals surface area contributed by atoms with Crippen molar-refractivity contribution < 1.29 is 0 Å². The zero-order valence-electron chi connectivity index (χ0n) is 9.26. The summed E-state index contributed by atoms with van der Waals surface area (Å²) < 4.78 is 0. The third kappa shape index (κ3) is 2.65. The summed E-state index contributed by atoms with van der Waals surface area (Å²) in [5.41, 5.74) is 0. The van der Waals surface area contributed by atoms with Gasteiger partial charge in [-0.3, -0.25) is 0 Å². The first-order chi connectivity index (χ1) is 7.40. The van der Waals surface area contributed by atoms with Crippen LogP contribution in [0.3, 0.4) is 0 Å². The highest BCUT2D eigenvalue weighted by molar-refractivity contribution is 5.28. The van der Waals surface area contributed by atoms with Crippen LogP contribution in [0.25, 0.3) is 0 Å². The van der Waals surface area contributed by atoms with Crippen molar-refractivity contribution >= 4 is 5.95 Å². The minimum atomic E-state index is 0.871. The maximum Gasteiger partial charge on any atom is 0.225 e. The minimum absolute atomic E-state index is 0.871. The van der Waals surface area contributed by atoms with Gasteiger partial charge in [-0.15, -0.1) is 0 Å². The first-order valence-corrected chi connectivity index (χ1v) is 5.64. The smallest absolute Gasteiger partial charge is 0.225 e. The molecule has 1 aliphatic heterocycles. The molecular weight excluding hydrogens is 188 g/mol. The molecule has 4 nitrogen and oxygen atoms in total. The molecule has 1 aliphatic rings. The number of hydrogen-bond acceptors (Lipinski definition) is 4. The average Bonchev–Trinajstić information content (AvgIpc) is 2.55. The third-order valence-electron chi connectivity index (χ3n) is 2.87. The highest BCUT2D eigenvalue weighted by Crippen LogP contribution is 2.09. The summed E-state index contributed by atoms with van der Waals surface area (Å²) in [4.78, 5) is 13.3. The fourth-order valence-corrected chi connectivity index (χ4v) is 1.94. The van der Waals surface area contributed by atoms with Crippen LogP contribution in [-0.4, -0.2) is 47.6 Å². The molecule has 1 aromatic rings. The number of rotatable bonds is 2. The Labute approximate surface area is 90.9 Å². The van der Waals surface area contributed by atoms with Crippen molar-refractivity contribution in [3.63, 3.8) is 0 Å². The number of likely N-dealkylation sites (N-methyl/N-ethyl adjacent to an activating group) is 1. The van der Waals surface area contributed by atoms with Crippen LogP contribution in [0, 0.1) is 0 Å². The molecule has 0 spiro atoms. The molecule has 2 heterocycles. The van der Waals surface area contributed by atoms with Gasteiger partial charge in [-0.25, -0.2) is 9.97 Å². The lowest BCUT2D eigenvalue weighted by Gasteiger charge is -2.20. The summed E-state index contributed by atoms with van der Waals surface area (Å²) in [6.07, 6.45) is 4.82. The summed E-state index contributed by atoms with van der Waals surface area (Å²) in [5, 5.41) is 0. The van der Waals surface area contributed by atoms with Gasteiger partial charge in [0, 0.05) is 32.0 Å². The lowest BCUT2D eigenvalue weighted by Crippen LogP contribution is -2.31. The molecule has 0 aromatic carbocycles. The van der Waals surface area contributed by atoms with E-state index in [1.165, 1.54) is 13.0 Å². The van der Waals surface area contributed by atoms with Gasteiger partial charge < -0.3 is 9.80 Å². The normalized spacial score (nSPS) is 18.9. The zero-order valence-corrected chi connectivity index (χ0v) is 9.26. The summed E-state index contributed by atoms with van der Waals surface area (Å²) in [7, 11) is 0. The standard InChI is InChI=1S/C11H18N4/c1-2-14-7-4-8-15(10-9-14)11-12-5-3-6-13-11/h3,5-6H,2,4,7-10H2,1H3. The SMILES string of the molecule is CCN1CCCN(c2ncccn2)CC1. The van der Waals surface area contributed by atoms with E-state index in [-0.39, 0.29) is 0 Å². The topological polar surface area (TPSA) is 32.3 Å². The van der Waals surface area contributed by atoms with Crippen molar-refractivity contribution in [2.45, 2.75) is 13.3 Å². The fourth-order valence-electron chi connectivity index (χ4n) is 1.94. The molecule has 0 aliphatic carbocycles. The Morgan fingerprint density at radius 2 is 1.93 bits per heavy atom. The summed E-state index contributed by atoms with van der Waals surface area (Å²) in [6.45, 7) is 7.78. The van der Waals surface area contributed by atoms with Crippen LogP contribution in [0.1, 0.15) is 13.3 Å². The summed E-state index contributed by atoms with van der Waals surface area (Å²) >= 11 is 0. The summed E-state index contributed by atoms with van der Waals surface area (Å²) in [6, 6.07) is 1.86. The van der Waals surface area contributed by atoms with Crippen LogP contribution in [-0.2, 0) is 0 Å². The van der Waals surface area contributed by atoms with E-state index in [2.05, 4.69) is 26.7 Å². The molecule has 1 saturated heterocycles. The Morgan fingerprint density at radius 3 is 2.67 bits per heavy atom. The van der Waals surface area contributed by atoms with Gasteiger partial charge in [-0.1, -0.05) is 6.92 Å². The van der Waals surface area contributed by atoms with E-state index >= 15 is 0 Å². The fraction of sp³-hybridized carbons (Fsp3) is 0.636. The van der Waals surface area contributed by atoms with Crippen LogP contribution in [0.5, 0.6) is 0 Å². The van der Waals surface area contributed by atoms with E-state index in [0.717, 1.165) is 32.1 Å². The Bertz CT molecular complexity index is 288. The van der Waals surface area contributed by atoms with Gasteiger partial charge in [0.2, 0.25) is 5.95 Å². The number of aromatic nitrogens is 2. The van der Waals surface area contributed by atoms with Crippen molar-refractivity contribution in [2.75, 3.05) is 37.6 Å². The first kappa shape index (κ1) is 10.4. The monoisotopic (exact) mass is 206 g/mol. The van der Waals surface area contributed by atoms with Gasteiger partial charge in [0.15, 0.2) is 0 Å². The Balaban J connectivity index is 2.00. The predicted molar refractivity (Wildman–Crippen MR) is 61.0 cm³/mol. The van der Waals surface area contributed by atoms with Gasteiger partial charge >= 0.3 is 0 Å². The average molecular weight is 206 g/mol. The number of nitrogens with zero attached hydrogens (tertiary/aromatic N) is 4. The number of anilines is 1. The zero-order chi connectivity index (χ0) is 10.5.